The van der Waals surface area contributed by atoms with Crippen LogP contribution in [0.3, 0.4) is 0 Å². The van der Waals surface area contributed by atoms with Crippen LogP contribution < -0.4 is 0 Å². The first kappa shape index (κ1) is 8.45. The van der Waals surface area contributed by atoms with Gasteiger partial charge in [-0.1, -0.05) is 0 Å². The lowest BCUT2D eigenvalue weighted by Gasteiger charge is -1.95. The van der Waals surface area contributed by atoms with Crippen molar-refractivity contribution in [1.82, 2.24) is 9.78 Å². The first-order valence-corrected chi connectivity index (χ1v) is 3.20. The lowest BCUT2D eigenvalue weighted by atomic mass is 10.3. The van der Waals surface area contributed by atoms with Gasteiger partial charge >= 0.3 is 5.97 Å². The highest BCUT2D eigenvalue weighted by molar-refractivity contribution is 5.87. The van der Waals surface area contributed by atoms with E-state index in [1.165, 1.54) is 24.0 Å². The van der Waals surface area contributed by atoms with Crippen LogP contribution in [-0.2, 0) is 11.8 Å². The number of aromatic nitrogens is 2. The van der Waals surface area contributed by atoms with Gasteiger partial charge in [-0.3, -0.25) is 4.68 Å². The quantitative estimate of drug-likeness (QED) is 0.668. The molecule has 5 heteroatoms. The molecule has 0 spiro atoms. The van der Waals surface area contributed by atoms with Crippen LogP contribution in [0.5, 0.6) is 0 Å². The summed E-state index contributed by atoms with van der Waals surface area (Å²) in [6.07, 6.45) is 1.89. The lowest BCUT2D eigenvalue weighted by molar-refractivity contribution is -0.131. The van der Waals surface area contributed by atoms with Gasteiger partial charge in [0.15, 0.2) is 5.83 Å². The summed E-state index contributed by atoms with van der Waals surface area (Å²) in [6, 6.07) is 1.40. The maximum atomic E-state index is 12.9. The van der Waals surface area contributed by atoms with E-state index in [0.29, 0.717) is 6.08 Å². The fourth-order valence-electron chi connectivity index (χ4n) is 0.791. The van der Waals surface area contributed by atoms with Crippen molar-refractivity contribution in [3.8, 4) is 0 Å². The molecule has 0 aliphatic rings. The molecule has 0 saturated carbocycles. The van der Waals surface area contributed by atoms with Gasteiger partial charge in [0, 0.05) is 13.2 Å². The van der Waals surface area contributed by atoms with E-state index < -0.39 is 11.8 Å². The van der Waals surface area contributed by atoms with Crippen molar-refractivity contribution in [2.24, 2.45) is 7.05 Å². The van der Waals surface area contributed by atoms with E-state index in [9.17, 15) is 9.18 Å². The van der Waals surface area contributed by atoms with Gasteiger partial charge < -0.3 is 5.11 Å². The predicted octanol–water partition coefficient (Wildman–Crippen LogP) is 0.815. The Bertz CT molecular complexity index is 330. The van der Waals surface area contributed by atoms with E-state index in [0.717, 1.165) is 0 Å². The molecule has 0 aromatic carbocycles. The van der Waals surface area contributed by atoms with Gasteiger partial charge in [0.2, 0.25) is 0 Å². The zero-order valence-corrected chi connectivity index (χ0v) is 6.36. The number of carbonyl (C=O) groups is 1. The Kier molecular flexibility index (Phi) is 2.23. The molecule has 64 valence electrons. The summed E-state index contributed by atoms with van der Waals surface area (Å²) in [5, 5.41) is 11.9. The molecular weight excluding hydrogens is 163 g/mol. The van der Waals surface area contributed by atoms with Gasteiger partial charge in [-0.25, -0.2) is 9.18 Å². The summed E-state index contributed by atoms with van der Waals surface area (Å²) in [4.78, 5) is 10.1. The molecule has 1 aromatic rings. The van der Waals surface area contributed by atoms with Crippen molar-refractivity contribution in [1.29, 1.82) is 0 Å². The normalized spacial score (nSPS) is 11.7. The van der Waals surface area contributed by atoms with E-state index in [4.69, 9.17) is 5.11 Å². The molecule has 0 aliphatic carbocycles. The second-order valence-corrected chi connectivity index (χ2v) is 2.17. The molecule has 0 aliphatic heterocycles. The third-order valence-corrected chi connectivity index (χ3v) is 1.32. The Morgan fingerprint density at radius 3 is 2.92 bits per heavy atom. The zero-order valence-electron chi connectivity index (χ0n) is 6.36. The largest absolute Gasteiger partial charge is 0.478 e. The molecule has 0 unspecified atom stereocenters. The third kappa shape index (κ3) is 1.69. The molecular formula is C7H7FN2O2. The SMILES string of the molecule is Cn1nccc1C(F)=CC(=O)O. The summed E-state index contributed by atoms with van der Waals surface area (Å²) < 4.78 is 14.2. The number of aliphatic carboxylic acids is 1. The van der Waals surface area contributed by atoms with Crippen molar-refractivity contribution < 1.29 is 14.3 Å². The Labute approximate surface area is 67.9 Å². The molecule has 12 heavy (non-hydrogen) atoms. The molecule has 1 heterocycles. The van der Waals surface area contributed by atoms with Crippen LogP contribution in [0, 0.1) is 0 Å². The summed E-state index contributed by atoms with van der Waals surface area (Å²) in [6.45, 7) is 0. The van der Waals surface area contributed by atoms with Gasteiger partial charge in [0.25, 0.3) is 0 Å². The molecule has 1 aromatic heterocycles. The zero-order chi connectivity index (χ0) is 9.14. The Morgan fingerprint density at radius 2 is 2.50 bits per heavy atom. The third-order valence-electron chi connectivity index (χ3n) is 1.32. The fraction of sp³-hybridized carbons (Fsp3) is 0.143. The highest BCUT2D eigenvalue weighted by Crippen LogP contribution is 2.13. The minimum absolute atomic E-state index is 0.150. The van der Waals surface area contributed by atoms with Crippen LogP contribution in [0.2, 0.25) is 0 Å². The maximum Gasteiger partial charge on any atom is 0.331 e. The Morgan fingerprint density at radius 1 is 1.83 bits per heavy atom. The van der Waals surface area contributed by atoms with Crippen molar-refractivity contribution in [3.63, 3.8) is 0 Å². The molecule has 0 atom stereocenters. The van der Waals surface area contributed by atoms with E-state index in [1.807, 2.05) is 0 Å². The highest BCUT2D eigenvalue weighted by Gasteiger charge is 2.06. The molecule has 0 fully saturated rings. The van der Waals surface area contributed by atoms with Crippen LogP contribution in [0.15, 0.2) is 18.3 Å². The summed E-state index contributed by atoms with van der Waals surface area (Å²) in [5.41, 5.74) is 0.150. The standard InChI is InChI=1S/C7H7FN2O2/c1-10-6(2-3-9-10)5(8)4-7(11)12/h2-4H,1H3,(H,11,12). The number of halogens is 1. The van der Waals surface area contributed by atoms with Crippen molar-refractivity contribution >= 4 is 11.8 Å². The van der Waals surface area contributed by atoms with E-state index in [2.05, 4.69) is 5.10 Å². The number of rotatable bonds is 2. The van der Waals surface area contributed by atoms with Crippen LogP contribution >= 0.6 is 0 Å². The van der Waals surface area contributed by atoms with Crippen LogP contribution in [0.25, 0.3) is 5.83 Å². The topological polar surface area (TPSA) is 55.1 Å². The fourth-order valence-corrected chi connectivity index (χ4v) is 0.791. The average molecular weight is 170 g/mol. The van der Waals surface area contributed by atoms with Crippen molar-refractivity contribution in [2.45, 2.75) is 0 Å². The van der Waals surface area contributed by atoms with Crippen LogP contribution in [-0.4, -0.2) is 20.9 Å². The number of hydrogen-bond donors (Lipinski definition) is 1. The number of hydrogen-bond acceptors (Lipinski definition) is 2. The minimum atomic E-state index is -1.31. The van der Waals surface area contributed by atoms with Gasteiger partial charge in [-0.15, -0.1) is 0 Å². The number of aryl methyl sites for hydroxylation is 1. The Hall–Kier alpha value is -1.65. The highest BCUT2D eigenvalue weighted by atomic mass is 19.1. The van der Waals surface area contributed by atoms with E-state index in [-0.39, 0.29) is 5.69 Å². The number of carboxylic acids is 1. The second-order valence-electron chi connectivity index (χ2n) is 2.17. The van der Waals surface area contributed by atoms with E-state index >= 15 is 0 Å². The smallest absolute Gasteiger partial charge is 0.331 e. The monoisotopic (exact) mass is 170 g/mol. The molecule has 0 saturated heterocycles. The molecule has 4 nitrogen and oxygen atoms in total. The molecule has 1 N–H and O–H groups in total. The molecule has 0 radical (unpaired) electrons. The molecule has 0 amide bonds. The first-order chi connectivity index (χ1) is 5.61. The van der Waals surface area contributed by atoms with Gasteiger partial charge in [0.05, 0.1) is 11.8 Å². The Balaban J connectivity index is 2.99. The molecule has 1 rings (SSSR count). The number of nitrogens with zero attached hydrogens (tertiary/aromatic N) is 2. The predicted molar refractivity (Wildman–Crippen MR) is 39.9 cm³/mol. The average Bonchev–Trinajstić information content (AvgIpc) is 2.33. The van der Waals surface area contributed by atoms with Crippen LogP contribution in [0.1, 0.15) is 5.69 Å². The first-order valence-electron chi connectivity index (χ1n) is 3.20. The van der Waals surface area contributed by atoms with Crippen molar-refractivity contribution in [3.05, 3.63) is 24.0 Å². The lowest BCUT2D eigenvalue weighted by Crippen LogP contribution is -1.97. The maximum absolute atomic E-state index is 12.9. The van der Waals surface area contributed by atoms with Gasteiger partial charge in [-0.2, -0.15) is 5.10 Å². The van der Waals surface area contributed by atoms with Crippen molar-refractivity contribution in [2.75, 3.05) is 0 Å². The minimum Gasteiger partial charge on any atom is -0.478 e. The summed E-state index contributed by atoms with van der Waals surface area (Å²) >= 11 is 0. The second kappa shape index (κ2) is 3.17. The van der Waals surface area contributed by atoms with Crippen LogP contribution in [0.4, 0.5) is 4.39 Å². The number of carboxylic acid groups (broad SMARTS) is 1. The van der Waals surface area contributed by atoms with E-state index in [1.54, 1.807) is 0 Å². The van der Waals surface area contributed by atoms with Gasteiger partial charge in [0.1, 0.15) is 0 Å². The summed E-state index contributed by atoms with van der Waals surface area (Å²) in [5.74, 6) is -2.11. The van der Waals surface area contributed by atoms with Gasteiger partial charge in [-0.05, 0) is 6.07 Å². The summed E-state index contributed by atoms with van der Waals surface area (Å²) in [7, 11) is 1.53. The molecule has 0 bridgehead atoms.